The van der Waals surface area contributed by atoms with Gasteiger partial charge in [0.15, 0.2) is 0 Å². The van der Waals surface area contributed by atoms with E-state index in [4.69, 9.17) is 13.7 Å². The highest BCUT2D eigenvalue weighted by Crippen LogP contribution is 2.13. The highest BCUT2D eigenvalue weighted by molar-refractivity contribution is 7.85. The van der Waals surface area contributed by atoms with Crippen LogP contribution in [-0.2, 0) is 20.7 Å². The lowest BCUT2D eigenvalue weighted by molar-refractivity contribution is 0.217. The van der Waals surface area contributed by atoms with Gasteiger partial charge in [-0.25, -0.2) is 0 Å². The number of rotatable bonds is 9. The molecule has 5 nitrogen and oxygen atoms in total. The molecule has 23 heavy (non-hydrogen) atoms. The molecule has 2 rings (SSSR count). The average molecular weight is 336 g/mol. The molecule has 0 aliphatic rings. The van der Waals surface area contributed by atoms with Crippen molar-refractivity contribution in [3.05, 3.63) is 60.2 Å². The molecule has 0 heterocycles. The fourth-order valence-corrected chi connectivity index (χ4v) is 2.29. The Morgan fingerprint density at radius 1 is 0.783 bits per heavy atom. The van der Waals surface area contributed by atoms with Crippen molar-refractivity contribution >= 4 is 10.1 Å². The van der Waals surface area contributed by atoms with Crippen molar-refractivity contribution in [3.63, 3.8) is 0 Å². The summed E-state index contributed by atoms with van der Waals surface area (Å²) in [4.78, 5) is 0. The van der Waals surface area contributed by atoms with Crippen LogP contribution in [0.4, 0.5) is 0 Å². The molecule has 0 aliphatic heterocycles. The number of ether oxygens (including phenoxy) is 2. The smallest absolute Gasteiger partial charge is 0.264 e. The Bertz CT molecular complexity index is 681. The van der Waals surface area contributed by atoms with E-state index in [0.29, 0.717) is 19.6 Å². The summed E-state index contributed by atoms with van der Waals surface area (Å²) in [6.07, 6.45) is 1.58. The summed E-state index contributed by atoms with van der Waals surface area (Å²) in [7, 11) is -3.38. The minimum absolute atomic E-state index is 0.143. The van der Waals surface area contributed by atoms with Gasteiger partial charge in [-0.15, -0.1) is 0 Å². The maximum Gasteiger partial charge on any atom is 0.264 e. The van der Waals surface area contributed by atoms with E-state index in [9.17, 15) is 8.42 Å². The first kappa shape index (κ1) is 17.3. The first-order valence-corrected chi connectivity index (χ1v) is 9.08. The molecule has 0 radical (unpaired) electrons. The third-order valence-electron chi connectivity index (χ3n) is 2.98. The zero-order valence-corrected chi connectivity index (χ0v) is 13.8. The molecule has 2 aromatic rings. The monoisotopic (exact) mass is 336 g/mol. The van der Waals surface area contributed by atoms with E-state index in [1.54, 1.807) is 0 Å². The van der Waals surface area contributed by atoms with Crippen LogP contribution in [0.5, 0.6) is 11.5 Å². The van der Waals surface area contributed by atoms with Gasteiger partial charge in [0, 0.05) is 0 Å². The molecule has 0 N–H and O–H groups in total. The van der Waals surface area contributed by atoms with E-state index in [1.165, 1.54) is 0 Å². The van der Waals surface area contributed by atoms with Crippen molar-refractivity contribution in [1.29, 1.82) is 0 Å². The number of hydrogen-bond acceptors (Lipinski definition) is 5. The summed E-state index contributed by atoms with van der Waals surface area (Å²) < 4.78 is 37.6. The van der Waals surface area contributed by atoms with Crippen LogP contribution in [0.2, 0.25) is 0 Å². The molecule has 6 heteroatoms. The summed E-state index contributed by atoms with van der Waals surface area (Å²) in [5.41, 5.74) is 0.988. The van der Waals surface area contributed by atoms with Crippen LogP contribution in [0.15, 0.2) is 54.6 Å². The fraction of sp³-hybridized carbons (Fsp3) is 0.294. The van der Waals surface area contributed by atoms with Crippen molar-refractivity contribution in [2.75, 3.05) is 26.1 Å². The van der Waals surface area contributed by atoms with E-state index < -0.39 is 10.1 Å². The van der Waals surface area contributed by atoms with E-state index >= 15 is 0 Å². The molecule has 0 atom stereocenters. The summed E-state index contributed by atoms with van der Waals surface area (Å²) in [6.45, 7) is 1.06. The molecule has 0 bridgehead atoms. The average Bonchev–Trinajstić information content (AvgIpc) is 2.53. The molecule has 2 aromatic carbocycles. The summed E-state index contributed by atoms with van der Waals surface area (Å²) in [5, 5.41) is 0. The number of hydrogen-bond donors (Lipinski definition) is 0. The largest absolute Gasteiger partial charge is 0.490 e. The van der Waals surface area contributed by atoms with Gasteiger partial charge in [0.1, 0.15) is 24.7 Å². The highest BCUT2D eigenvalue weighted by atomic mass is 32.2. The van der Waals surface area contributed by atoms with Crippen LogP contribution in [-0.4, -0.2) is 34.5 Å². The Hall–Kier alpha value is -2.05. The van der Waals surface area contributed by atoms with Crippen LogP contribution in [0.1, 0.15) is 5.56 Å². The summed E-state index contributed by atoms with van der Waals surface area (Å²) in [5.74, 6) is 1.56. The first-order chi connectivity index (χ1) is 11.0. The van der Waals surface area contributed by atoms with Crippen LogP contribution in [0, 0.1) is 0 Å². The molecule has 0 unspecified atom stereocenters. The zero-order valence-electron chi connectivity index (χ0n) is 13.0. The van der Waals surface area contributed by atoms with Gasteiger partial charge in [0.05, 0.1) is 12.9 Å². The lowest BCUT2D eigenvalue weighted by atomic mass is 10.1. The van der Waals surface area contributed by atoms with Gasteiger partial charge in [0.2, 0.25) is 0 Å². The molecule has 124 valence electrons. The Morgan fingerprint density at radius 3 is 1.91 bits per heavy atom. The maximum atomic E-state index is 10.9. The van der Waals surface area contributed by atoms with Crippen molar-refractivity contribution in [3.8, 4) is 11.5 Å². The van der Waals surface area contributed by atoms with E-state index in [2.05, 4.69) is 0 Å². The SMILES string of the molecule is CS(=O)(=O)OCCc1ccc(OCCOc2ccccc2)cc1. The fourth-order valence-electron chi connectivity index (χ4n) is 1.90. The Labute approximate surface area is 136 Å². The van der Waals surface area contributed by atoms with E-state index in [-0.39, 0.29) is 6.61 Å². The van der Waals surface area contributed by atoms with Crippen LogP contribution in [0.25, 0.3) is 0 Å². The normalized spacial score (nSPS) is 11.2. The quantitative estimate of drug-likeness (QED) is 0.520. The van der Waals surface area contributed by atoms with Crippen LogP contribution in [0.3, 0.4) is 0 Å². The van der Waals surface area contributed by atoms with Crippen molar-refractivity contribution in [2.24, 2.45) is 0 Å². The second kappa shape index (κ2) is 8.55. The molecular weight excluding hydrogens is 316 g/mol. The topological polar surface area (TPSA) is 61.8 Å². The van der Waals surface area contributed by atoms with Crippen molar-refractivity contribution < 1.29 is 22.1 Å². The maximum absolute atomic E-state index is 10.9. The van der Waals surface area contributed by atoms with Gasteiger partial charge in [-0.1, -0.05) is 30.3 Å². The van der Waals surface area contributed by atoms with Gasteiger partial charge in [-0.3, -0.25) is 4.18 Å². The predicted molar refractivity (Wildman–Crippen MR) is 88.4 cm³/mol. The Kier molecular flexibility index (Phi) is 6.43. The molecule has 0 saturated carbocycles. The van der Waals surface area contributed by atoms with E-state index in [0.717, 1.165) is 23.3 Å². The van der Waals surface area contributed by atoms with Crippen LogP contribution < -0.4 is 9.47 Å². The molecule has 0 aliphatic carbocycles. The molecule has 0 amide bonds. The van der Waals surface area contributed by atoms with E-state index in [1.807, 2.05) is 54.6 Å². The number of para-hydroxylation sites is 1. The second-order valence-corrected chi connectivity index (χ2v) is 6.57. The van der Waals surface area contributed by atoms with Crippen LogP contribution >= 0.6 is 0 Å². The van der Waals surface area contributed by atoms with Crippen molar-refractivity contribution in [2.45, 2.75) is 6.42 Å². The molecular formula is C17H20O5S. The third-order valence-corrected chi connectivity index (χ3v) is 3.57. The summed E-state index contributed by atoms with van der Waals surface area (Å²) >= 11 is 0. The molecule has 0 fully saturated rings. The minimum atomic E-state index is -3.38. The first-order valence-electron chi connectivity index (χ1n) is 7.27. The molecule has 0 saturated heterocycles. The second-order valence-electron chi connectivity index (χ2n) is 4.93. The standard InChI is InChI=1S/C17H20O5S/c1-23(18,19)22-12-11-15-7-9-17(10-8-15)21-14-13-20-16-5-3-2-4-6-16/h2-10H,11-14H2,1H3. The Balaban J connectivity index is 1.68. The minimum Gasteiger partial charge on any atom is -0.490 e. The zero-order chi connectivity index (χ0) is 16.5. The highest BCUT2D eigenvalue weighted by Gasteiger charge is 2.02. The Morgan fingerprint density at radius 2 is 1.35 bits per heavy atom. The predicted octanol–water partition coefficient (Wildman–Crippen LogP) is 2.66. The van der Waals surface area contributed by atoms with Crippen molar-refractivity contribution in [1.82, 2.24) is 0 Å². The lowest BCUT2D eigenvalue weighted by Gasteiger charge is -2.09. The van der Waals surface area contributed by atoms with Gasteiger partial charge in [-0.05, 0) is 36.2 Å². The summed E-state index contributed by atoms with van der Waals surface area (Å²) in [6, 6.07) is 17.0. The van der Waals surface area contributed by atoms with Gasteiger partial charge >= 0.3 is 0 Å². The van der Waals surface area contributed by atoms with Gasteiger partial charge in [-0.2, -0.15) is 8.42 Å². The molecule has 0 spiro atoms. The van der Waals surface area contributed by atoms with Gasteiger partial charge in [0.25, 0.3) is 10.1 Å². The lowest BCUT2D eigenvalue weighted by Crippen LogP contribution is -2.09. The third kappa shape index (κ3) is 7.17. The number of benzene rings is 2. The van der Waals surface area contributed by atoms with Gasteiger partial charge < -0.3 is 9.47 Å². The molecule has 0 aromatic heterocycles.